The smallest absolute Gasteiger partial charge is 0.237 e. The van der Waals surface area contributed by atoms with Gasteiger partial charge in [0.2, 0.25) is 5.91 Å². The molecule has 0 bridgehead atoms. The van der Waals surface area contributed by atoms with Crippen LogP contribution in [0.3, 0.4) is 0 Å². The Bertz CT molecular complexity index is 795. The number of carbonyl (C=O) groups excluding carboxylic acids is 1. The Labute approximate surface area is 178 Å². The van der Waals surface area contributed by atoms with E-state index in [-0.39, 0.29) is 17.8 Å². The Balaban J connectivity index is 1.42. The fourth-order valence-corrected chi connectivity index (χ4v) is 3.82. The topological polar surface area (TPSA) is 44.8 Å². The summed E-state index contributed by atoms with van der Waals surface area (Å²) in [7, 11) is 1.65. The van der Waals surface area contributed by atoms with Crippen LogP contribution in [-0.4, -0.2) is 61.6 Å². The summed E-state index contributed by atoms with van der Waals surface area (Å²) in [6.07, 6.45) is 1.82. The van der Waals surface area contributed by atoms with E-state index in [0.29, 0.717) is 6.54 Å². The van der Waals surface area contributed by atoms with Crippen molar-refractivity contribution in [3.63, 3.8) is 0 Å². The molecule has 2 aromatic rings. The first-order valence-corrected chi connectivity index (χ1v) is 10.7. The average molecular weight is 414 g/mol. The van der Waals surface area contributed by atoms with Crippen molar-refractivity contribution in [2.24, 2.45) is 0 Å². The van der Waals surface area contributed by atoms with Crippen molar-refractivity contribution in [2.75, 3.05) is 39.8 Å². The minimum Gasteiger partial charge on any atom is -0.497 e. The number of rotatable bonds is 8. The summed E-state index contributed by atoms with van der Waals surface area (Å²) >= 11 is 0. The maximum atomic E-state index is 13.1. The maximum Gasteiger partial charge on any atom is 0.237 e. The predicted octanol–water partition coefficient (Wildman–Crippen LogP) is 3.09. The molecule has 162 valence electrons. The highest BCUT2D eigenvalue weighted by atomic mass is 19.1. The second kappa shape index (κ2) is 11.1. The van der Waals surface area contributed by atoms with Crippen LogP contribution in [0.15, 0.2) is 48.5 Å². The van der Waals surface area contributed by atoms with Crippen LogP contribution in [0, 0.1) is 5.82 Å². The van der Waals surface area contributed by atoms with Crippen molar-refractivity contribution in [3.8, 4) is 5.75 Å². The Morgan fingerprint density at radius 2 is 1.73 bits per heavy atom. The van der Waals surface area contributed by atoms with E-state index in [1.165, 1.54) is 17.7 Å². The number of methoxy groups -OCH3 is 1. The zero-order valence-corrected chi connectivity index (χ0v) is 17.9. The van der Waals surface area contributed by atoms with E-state index in [2.05, 4.69) is 15.1 Å². The molecule has 1 N–H and O–H groups in total. The van der Waals surface area contributed by atoms with Crippen LogP contribution in [0.2, 0.25) is 0 Å². The van der Waals surface area contributed by atoms with Gasteiger partial charge < -0.3 is 10.1 Å². The number of ether oxygens (including phenoxy) is 1. The quantitative estimate of drug-likeness (QED) is 0.722. The van der Waals surface area contributed by atoms with Gasteiger partial charge in [-0.3, -0.25) is 14.6 Å². The molecule has 1 atom stereocenters. The van der Waals surface area contributed by atoms with Crippen LogP contribution >= 0.6 is 0 Å². The third-order valence-corrected chi connectivity index (χ3v) is 5.74. The van der Waals surface area contributed by atoms with E-state index in [9.17, 15) is 9.18 Å². The highest BCUT2D eigenvalue weighted by molar-refractivity contribution is 5.81. The summed E-state index contributed by atoms with van der Waals surface area (Å²) in [4.78, 5) is 17.3. The number of nitrogens with zero attached hydrogens (tertiary/aromatic N) is 2. The molecule has 1 unspecified atom stereocenters. The van der Waals surface area contributed by atoms with Crippen molar-refractivity contribution in [2.45, 2.75) is 32.4 Å². The molecule has 1 heterocycles. The molecule has 0 aliphatic carbocycles. The van der Waals surface area contributed by atoms with Crippen LogP contribution in [0.4, 0.5) is 4.39 Å². The van der Waals surface area contributed by atoms with Crippen LogP contribution in [-0.2, 0) is 17.8 Å². The van der Waals surface area contributed by atoms with E-state index in [4.69, 9.17) is 4.74 Å². The molecule has 0 aromatic heterocycles. The molecule has 5 nitrogen and oxygen atoms in total. The number of nitrogens with one attached hydrogen (secondary N) is 1. The van der Waals surface area contributed by atoms with Gasteiger partial charge in [-0.2, -0.15) is 0 Å². The molecule has 1 saturated heterocycles. The second-order valence-corrected chi connectivity index (χ2v) is 7.86. The van der Waals surface area contributed by atoms with Gasteiger partial charge in [-0.15, -0.1) is 0 Å². The van der Waals surface area contributed by atoms with Crippen molar-refractivity contribution < 1.29 is 13.9 Å². The summed E-state index contributed by atoms with van der Waals surface area (Å²) in [5.74, 6) is 0.717. The van der Waals surface area contributed by atoms with Crippen molar-refractivity contribution in [1.82, 2.24) is 15.1 Å². The van der Waals surface area contributed by atoms with E-state index >= 15 is 0 Å². The van der Waals surface area contributed by atoms with Gasteiger partial charge in [-0.1, -0.05) is 24.3 Å². The van der Waals surface area contributed by atoms with Gasteiger partial charge in [-0.05, 0) is 61.7 Å². The lowest BCUT2D eigenvalue weighted by Gasteiger charge is -2.27. The highest BCUT2D eigenvalue weighted by Gasteiger charge is 2.23. The van der Waals surface area contributed by atoms with Crippen LogP contribution in [0.1, 0.15) is 24.5 Å². The van der Waals surface area contributed by atoms with Crippen LogP contribution in [0.25, 0.3) is 0 Å². The lowest BCUT2D eigenvalue weighted by Crippen LogP contribution is -2.46. The van der Waals surface area contributed by atoms with Crippen molar-refractivity contribution in [3.05, 3.63) is 65.5 Å². The van der Waals surface area contributed by atoms with Gasteiger partial charge in [0.05, 0.1) is 13.2 Å². The fourth-order valence-electron chi connectivity index (χ4n) is 3.82. The standard InChI is InChI=1S/C24H32FN3O2/c1-19(24(29)26-13-12-20-6-10-23(30-2)11-7-20)28-15-3-14-27(16-17-28)18-21-4-8-22(25)9-5-21/h4-11,19H,3,12-18H2,1-2H3,(H,26,29). The molecule has 30 heavy (non-hydrogen) atoms. The SMILES string of the molecule is COc1ccc(CCNC(=O)C(C)N2CCCN(Cc3ccc(F)cc3)CC2)cc1. The van der Waals surface area contributed by atoms with Gasteiger partial charge >= 0.3 is 0 Å². The molecule has 0 radical (unpaired) electrons. The van der Waals surface area contributed by atoms with Gasteiger partial charge in [0.1, 0.15) is 11.6 Å². The number of benzene rings is 2. The molecular formula is C24H32FN3O2. The maximum absolute atomic E-state index is 13.1. The molecule has 1 aliphatic rings. The van der Waals surface area contributed by atoms with Crippen LogP contribution in [0.5, 0.6) is 5.75 Å². The fraction of sp³-hybridized carbons (Fsp3) is 0.458. The van der Waals surface area contributed by atoms with Gasteiger partial charge in [-0.25, -0.2) is 4.39 Å². The summed E-state index contributed by atoms with van der Waals surface area (Å²) in [6, 6.07) is 14.5. The Hall–Kier alpha value is -2.44. The summed E-state index contributed by atoms with van der Waals surface area (Å²) < 4.78 is 18.3. The first-order valence-electron chi connectivity index (χ1n) is 10.7. The monoisotopic (exact) mass is 413 g/mol. The molecule has 0 saturated carbocycles. The number of amides is 1. The average Bonchev–Trinajstić information content (AvgIpc) is 3.01. The summed E-state index contributed by atoms with van der Waals surface area (Å²) in [5, 5.41) is 3.07. The Kier molecular flexibility index (Phi) is 8.22. The zero-order chi connectivity index (χ0) is 21.3. The van der Waals surface area contributed by atoms with Gasteiger partial charge in [0, 0.05) is 32.7 Å². The summed E-state index contributed by atoms with van der Waals surface area (Å²) in [6.45, 7) is 7.08. The Morgan fingerprint density at radius 3 is 2.43 bits per heavy atom. The van der Waals surface area contributed by atoms with E-state index in [1.807, 2.05) is 43.3 Å². The normalized spacial score (nSPS) is 16.6. The third-order valence-electron chi connectivity index (χ3n) is 5.74. The van der Waals surface area contributed by atoms with Gasteiger partial charge in [0.25, 0.3) is 0 Å². The lowest BCUT2D eigenvalue weighted by molar-refractivity contribution is -0.125. The van der Waals surface area contributed by atoms with Crippen molar-refractivity contribution >= 4 is 5.91 Å². The van der Waals surface area contributed by atoms with E-state index in [1.54, 1.807) is 7.11 Å². The highest BCUT2D eigenvalue weighted by Crippen LogP contribution is 2.13. The molecule has 1 aliphatic heterocycles. The number of hydrogen-bond acceptors (Lipinski definition) is 4. The van der Waals surface area contributed by atoms with Gasteiger partial charge in [0.15, 0.2) is 0 Å². The molecule has 0 spiro atoms. The number of halogens is 1. The van der Waals surface area contributed by atoms with E-state index < -0.39 is 0 Å². The third kappa shape index (κ3) is 6.54. The molecular weight excluding hydrogens is 381 g/mol. The van der Waals surface area contributed by atoms with E-state index in [0.717, 1.165) is 56.9 Å². The largest absolute Gasteiger partial charge is 0.497 e. The first-order chi connectivity index (χ1) is 14.5. The molecule has 1 fully saturated rings. The van der Waals surface area contributed by atoms with Crippen LogP contribution < -0.4 is 10.1 Å². The minimum absolute atomic E-state index is 0.0792. The molecule has 3 rings (SSSR count). The number of hydrogen-bond donors (Lipinski definition) is 1. The lowest BCUT2D eigenvalue weighted by atomic mass is 10.1. The Morgan fingerprint density at radius 1 is 1.03 bits per heavy atom. The molecule has 2 aromatic carbocycles. The zero-order valence-electron chi connectivity index (χ0n) is 17.9. The summed E-state index contributed by atoms with van der Waals surface area (Å²) in [5.41, 5.74) is 2.30. The van der Waals surface area contributed by atoms with Crippen molar-refractivity contribution in [1.29, 1.82) is 0 Å². The minimum atomic E-state index is -0.201. The number of carbonyl (C=O) groups is 1. The molecule has 6 heteroatoms. The molecule has 1 amide bonds. The predicted molar refractivity (Wildman–Crippen MR) is 117 cm³/mol. The first kappa shape index (κ1) is 22.2. The second-order valence-electron chi connectivity index (χ2n) is 7.86.